The Morgan fingerprint density at radius 1 is 1.45 bits per heavy atom. The van der Waals surface area contributed by atoms with E-state index >= 15 is 0 Å². The molecule has 0 bridgehead atoms. The van der Waals surface area contributed by atoms with Crippen LogP contribution in [-0.2, 0) is 19.5 Å². The van der Waals surface area contributed by atoms with Gasteiger partial charge in [-0.3, -0.25) is 9.69 Å². The van der Waals surface area contributed by atoms with Crippen LogP contribution in [0.5, 0.6) is 0 Å². The van der Waals surface area contributed by atoms with Gasteiger partial charge >= 0.3 is 0 Å². The quantitative estimate of drug-likeness (QED) is 0.942. The predicted octanol–water partition coefficient (Wildman–Crippen LogP) is 2.27. The molecule has 4 rings (SSSR count). The summed E-state index contributed by atoms with van der Waals surface area (Å²) in [5.41, 5.74) is 3.34. The first-order chi connectivity index (χ1) is 9.79. The maximum Gasteiger partial charge on any atom is 0.254 e. The van der Waals surface area contributed by atoms with Gasteiger partial charge < -0.3 is 4.98 Å². The van der Waals surface area contributed by atoms with Gasteiger partial charge in [-0.2, -0.15) is 11.3 Å². The van der Waals surface area contributed by atoms with E-state index in [0.29, 0.717) is 5.92 Å². The minimum atomic E-state index is 0.0899. The molecule has 2 aromatic heterocycles. The third-order valence-electron chi connectivity index (χ3n) is 4.12. The van der Waals surface area contributed by atoms with Crippen molar-refractivity contribution in [2.24, 2.45) is 0 Å². The highest BCUT2D eigenvalue weighted by atomic mass is 32.1. The van der Waals surface area contributed by atoms with Crippen molar-refractivity contribution >= 4 is 11.3 Å². The SMILES string of the molecule is O=c1[nH]c(C2CC2)nc2c1CCN(Cc1ccsc1)C2. The Morgan fingerprint density at radius 2 is 2.35 bits per heavy atom. The highest BCUT2D eigenvalue weighted by molar-refractivity contribution is 7.07. The molecule has 104 valence electrons. The highest BCUT2D eigenvalue weighted by Crippen LogP contribution is 2.37. The number of hydrogen-bond acceptors (Lipinski definition) is 4. The molecule has 20 heavy (non-hydrogen) atoms. The molecule has 0 unspecified atom stereocenters. The molecule has 1 N–H and O–H groups in total. The Kier molecular flexibility index (Phi) is 2.97. The molecule has 0 spiro atoms. The zero-order chi connectivity index (χ0) is 13.5. The first kappa shape index (κ1) is 12.3. The van der Waals surface area contributed by atoms with Crippen molar-refractivity contribution in [1.29, 1.82) is 0 Å². The summed E-state index contributed by atoms with van der Waals surface area (Å²) in [4.78, 5) is 22.2. The number of fused-ring (bicyclic) bond motifs is 1. The number of nitrogens with zero attached hydrogens (tertiary/aromatic N) is 2. The summed E-state index contributed by atoms with van der Waals surface area (Å²) < 4.78 is 0. The Morgan fingerprint density at radius 3 is 3.10 bits per heavy atom. The van der Waals surface area contributed by atoms with Crippen LogP contribution < -0.4 is 5.56 Å². The fraction of sp³-hybridized carbons (Fsp3) is 0.467. The fourth-order valence-corrected chi connectivity index (χ4v) is 3.50. The van der Waals surface area contributed by atoms with Crippen molar-refractivity contribution in [3.05, 3.63) is 49.8 Å². The lowest BCUT2D eigenvalue weighted by Gasteiger charge is -2.27. The number of nitrogens with one attached hydrogen (secondary N) is 1. The molecule has 0 radical (unpaired) electrons. The molecule has 0 amide bonds. The molecule has 0 aromatic carbocycles. The van der Waals surface area contributed by atoms with Crippen LogP contribution >= 0.6 is 11.3 Å². The summed E-state index contributed by atoms with van der Waals surface area (Å²) in [6.45, 7) is 2.70. The number of rotatable bonds is 3. The Hall–Kier alpha value is -1.46. The van der Waals surface area contributed by atoms with Crippen LogP contribution in [0.15, 0.2) is 21.6 Å². The summed E-state index contributed by atoms with van der Waals surface area (Å²) in [6.07, 6.45) is 3.15. The van der Waals surface area contributed by atoms with Crippen molar-refractivity contribution < 1.29 is 0 Å². The number of aromatic amines is 1. The zero-order valence-corrected chi connectivity index (χ0v) is 12.1. The summed E-state index contributed by atoms with van der Waals surface area (Å²) in [6, 6.07) is 2.17. The molecule has 5 heteroatoms. The van der Waals surface area contributed by atoms with E-state index in [-0.39, 0.29) is 5.56 Å². The van der Waals surface area contributed by atoms with Crippen LogP contribution in [0.1, 0.15) is 41.4 Å². The van der Waals surface area contributed by atoms with E-state index in [0.717, 1.165) is 43.1 Å². The second-order valence-electron chi connectivity index (χ2n) is 5.74. The molecule has 3 heterocycles. The molecule has 1 aliphatic carbocycles. The molecule has 0 saturated heterocycles. The molecule has 1 aliphatic heterocycles. The van der Waals surface area contributed by atoms with Gasteiger partial charge in [0.15, 0.2) is 0 Å². The molecule has 1 fully saturated rings. The largest absolute Gasteiger partial charge is 0.310 e. The van der Waals surface area contributed by atoms with Gasteiger partial charge in [0.1, 0.15) is 5.82 Å². The van der Waals surface area contributed by atoms with E-state index in [9.17, 15) is 4.79 Å². The van der Waals surface area contributed by atoms with Gasteiger partial charge in [0.05, 0.1) is 5.69 Å². The normalized spacial score (nSPS) is 19.0. The topological polar surface area (TPSA) is 49.0 Å². The molecule has 4 nitrogen and oxygen atoms in total. The van der Waals surface area contributed by atoms with E-state index in [1.165, 1.54) is 18.4 Å². The van der Waals surface area contributed by atoms with Crippen LogP contribution in [0, 0.1) is 0 Å². The first-order valence-electron chi connectivity index (χ1n) is 7.15. The zero-order valence-electron chi connectivity index (χ0n) is 11.3. The lowest BCUT2D eigenvalue weighted by Crippen LogP contribution is -2.35. The van der Waals surface area contributed by atoms with Gasteiger partial charge in [0.2, 0.25) is 0 Å². The van der Waals surface area contributed by atoms with Gasteiger partial charge in [-0.05, 0) is 41.7 Å². The maximum absolute atomic E-state index is 12.1. The van der Waals surface area contributed by atoms with Crippen LogP contribution in [0.25, 0.3) is 0 Å². The van der Waals surface area contributed by atoms with Gasteiger partial charge in [-0.25, -0.2) is 4.98 Å². The minimum absolute atomic E-state index is 0.0899. The summed E-state index contributed by atoms with van der Waals surface area (Å²) in [5.74, 6) is 1.41. The van der Waals surface area contributed by atoms with Crippen molar-refractivity contribution in [3.63, 3.8) is 0 Å². The van der Waals surface area contributed by atoms with Crippen LogP contribution in [0.3, 0.4) is 0 Å². The average Bonchev–Trinajstić information content (AvgIpc) is 3.17. The molecule has 2 aliphatic rings. The second-order valence-corrected chi connectivity index (χ2v) is 6.52. The maximum atomic E-state index is 12.1. The second kappa shape index (κ2) is 4.82. The van der Waals surface area contributed by atoms with Crippen molar-refractivity contribution in [2.45, 2.75) is 38.3 Å². The summed E-state index contributed by atoms with van der Waals surface area (Å²) in [5, 5.41) is 4.30. The van der Waals surface area contributed by atoms with Crippen LogP contribution in [0.4, 0.5) is 0 Å². The predicted molar refractivity (Wildman–Crippen MR) is 79.0 cm³/mol. The molecular formula is C15H17N3OS. The van der Waals surface area contributed by atoms with Crippen LogP contribution in [-0.4, -0.2) is 21.4 Å². The lowest BCUT2D eigenvalue weighted by molar-refractivity contribution is 0.240. The standard InChI is InChI=1S/C15H17N3OS/c19-15-12-3-5-18(7-10-4-6-20-9-10)8-13(12)16-14(17-15)11-1-2-11/h4,6,9,11H,1-3,5,7-8H2,(H,16,17,19). The first-order valence-corrected chi connectivity index (χ1v) is 8.09. The minimum Gasteiger partial charge on any atom is -0.310 e. The highest BCUT2D eigenvalue weighted by Gasteiger charge is 2.29. The smallest absolute Gasteiger partial charge is 0.254 e. The third kappa shape index (κ3) is 2.31. The molecule has 0 atom stereocenters. The third-order valence-corrected chi connectivity index (χ3v) is 4.85. The van der Waals surface area contributed by atoms with Crippen molar-refractivity contribution in [3.8, 4) is 0 Å². The summed E-state index contributed by atoms with van der Waals surface area (Å²) >= 11 is 1.73. The molecule has 1 saturated carbocycles. The van der Waals surface area contributed by atoms with E-state index in [1.54, 1.807) is 11.3 Å². The monoisotopic (exact) mass is 287 g/mol. The Bertz CT molecular complexity index is 673. The van der Waals surface area contributed by atoms with Gasteiger partial charge in [0, 0.05) is 31.1 Å². The van der Waals surface area contributed by atoms with E-state index < -0.39 is 0 Å². The Balaban J connectivity index is 1.59. The number of aromatic nitrogens is 2. The van der Waals surface area contributed by atoms with Crippen LogP contribution in [0.2, 0.25) is 0 Å². The van der Waals surface area contributed by atoms with Crippen molar-refractivity contribution in [1.82, 2.24) is 14.9 Å². The van der Waals surface area contributed by atoms with E-state index in [2.05, 4.69) is 26.7 Å². The number of hydrogen-bond donors (Lipinski definition) is 1. The van der Waals surface area contributed by atoms with Crippen molar-refractivity contribution in [2.75, 3.05) is 6.54 Å². The van der Waals surface area contributed by atoms with E-state index in [4.69, 9.17) is 4.98 Å². The molecular weight excluding hydrogens is 270 g/mol. The average molecular weight is 287 g/mol. The molecule has 2 aromatic rings. The lowest BCUT2D eigenvalue weighted by atomic mass is 10.1. The van der Waals surface area contributed by atoms with Gasteiger partial charge in [-0.15, -0.1) is 0 Å². The Labute approximate surface area is 121 Å². The number of thiophene rings is 1. The number of H-pyrrole nitrogens is 1. The van der Waals surface area contributed by atoms with Gasteiger partial charge in [0.25, 0.3) is 5.56 Å². The van der Waals surface area contributed by atoms with Gasteiger partial charge in [-0.1, -0.05) is 0 Å². The fourth-order valence-electron chi connectivity index (χ4n) is 2.84. The summed E-state index contributed by atoms with van der Waals surface area (Å²) in [7, 11) is 0. The van der Waals surface area contributed by atoms with E-state index in [1.807, 2.05) is 0 Å².